The van der Waals surface area contributed by atoms with Crippen LogP contribution in [0.4, 0.5) is 4.39 Å². The lowest BCUT2D eigenvalue weighted by atomic mass is 10.1. The van der Waals surface area contributed by atoms with Gasteiger partial charge in [0, 0.05) is 18.1 Å². The second-order valence-electron chi connectivity index (χ2n) is 5.81. The highest BCUT2D eigenvalue weighted by Crippen LogP contribution is 2.15. The molecule has 0 saturated carbocycles. The van der Waals surface area contributed by atoms with Gasteiger partial charge in [-0.3, -0.25) is 4.99 Å². The molecule has 0 aliphatic rings. The Labute approximate surface area is 164 Å². The lowest BCUT2D eigenvalue weighted by molar-refractivity contribution is 0.567. The first-order valence-electron chi connectivity index (χ1n) is 8.66. The van der Waals surface area contributed by atoms with Gasteiger partial charge in [0.15, 0.2) is 15.8 Å². The Hall–Kier alpha value is -2.12. The maximum Gasteiger partial charge on any atom is 0.191 e. The first-order valence-corrected chi connectivity index (χ1v) is 10.7. The quantitative estimate of drug-likeness (QED) is 0.517. The van der Waals surface area contributed by atoms with Crippen LogP contribution < -0.4 is 10.6 Å². The van der Waals surface area contributed by atoms with Crippen molar-refractivity contribution >= 4 is 27.4 Å². The van der Waals surface area contributed by atoms with E-state index < -0.39 is 15.7 Å². The summed E-state index contributed by atoms with van der Waals surface area (Å²) in [5.74, 6) is -0.480. The van der Waals surface area contributed by atoms with Gasteiger partial charge in [-0.15, -0.1) is 0 Å². The second-order valence-corrected chi connectivity index (χ2v) is 8.33. The largest absolute Gasteiger partial charge is 0.357 e. The molecule has 0 atom stereocenters. The van der Waals surface area contributed by atoms with Crippen molar-refractivity contribution in [2.24, 2.45) is 4.99 Å². The fraction of sp³-hybridized carbons (Fsp3) is 0.316. The van der Waals surface area contributed by atoms with Crippen LogP contribution in [0.5, 0.6) is 0 Å². The fourth-order valence-electron chi connectivity index (χ4n) is 2.40. The zero-order chi connectivity index (χ0) is 19.7. The molecule has 0 saturated heterocycles. The number of sulfone groups is 1. The van der Waals surface area contributed by atoms with Gasteiger partial charge in [0.05, 0.1) is 12.3 Å². The molecule has 0 aliphatic carbocycles. The summed E-state index contributed by atoms with van der Waals surface area (Å²) in [5.41, 5.74) is 1.13. The molecule has 0 aliphatic heterocycles. The monoisotopic (exact) mass is 411 g/mol. The molecule has 146 valence electrons. The lowest BCUT2D eigenvalue weighted by Crippen LogP contribution is -2.38. The molecule has 0 fully saturated rings. The van der Waals surface area contributed by atoms with Crippen LogP contribution in [-0.2, 0) is 16.3 Å². The lowest BCUT2D eigenvalue weighted by Gasteiger charge is -2.11. The third-order valence-corrected chi connectivity index (χ3v) is 5.74. The molecule has 2 rings (SSSR count). The van der Waals surface area contributed by atoms with Crippen LogP contribution in [0, 0.1) is 5.82 Å². The highest BCUT2D eigenvalue weighted by molar-refractivity contribution is 7.91. The summed E-state index contributed by atoms with van der Waals surface area (Å²) >= 11 is 5.87. The van der Waals surface area contributed by atoms with E-state index in [-0.39, 0.29) is 17.2 Å². The van der Waals surface area contributed by atoms with Crippen molar-refractivity contribution in [3.05, 3.63) is 64.9 Å². The van der Waals surface area contributed by atoms with Gasteiger partial charge in [-0.1, -0.05) is 35.9 Å². The van der Waals surface area contributed by atoms with E-state index in [4.69, 9.17) is 11.6 Å². The zero-order valence-electron chi connectivity index (χ0n) is 15.1. The number of rotatable bonds is 8. The summed E-state index contributed by atoms with van der Waals surface area (Å²) in [6.45, 7) is 3.24. The van der Waals surface area contributed by atoms with Crippen LogP contribution >= 0.6 is 11.6 Å². The standard InChI is InChI=1S/C19H23ClFN3O2S/c1-2-22-19(23-12-11-15-7-9-16(20)10-8-15)24-13-14-27(25,26)18-6-4-3-5-17(18)21/h3-10H,2,11-14H2,1H3,(H2,22,23,24). The zero-order valence-corrected chi connectivity index (χ0v) is 16.7. The second kappa shape index (κ2) is 10.3. The Morgan fingerprint density at radius 3 is 2.48 bits per heavy atom. The van der Waals surface area contributed by atoms with Gasteiger partial charge >= 0.3 is 0 Å². The predicted molar refractivity (Wildman–Crippen MR) is 108 cm³/mol. The molecule has 0 spiro atoms. The highest BCUT2D eigenvalue weighted by atomic mass is 35.5. The molecule has 8 heteroatoms. The van der Waals surface area contributed by atoms with Crippen LogP contribution in [-0.4, -0.2) is 39.8 Å². The topological polar surface area (TPSA) is 70.6 Å². The van der Waals surface area contributed by atoms with E-state index in [1.165, 1.54) is 18.2 Å². The molecule has 0 bridgehead atoms. The average molecular weight is 412 g/mol. The Morgan fingerprint density at radius 2 is 1.81 bits per heavy atom. The van der Waals surface area contributed by atoms with Gasteiger partial charge in [-0.25, -0.2) is 12.8 Å². The van der Waals surface area contributed by atoms with Crippen molar-refractivity contribution in [1.82, 2.24) is 10.6 Å². The van der Waals surface area contributed by atoms with Gasteiger partial charge in [0.25, 0.3) is 0 Å². The van der Waals surface area contributed by atoms with E-state index in [9.17, 15) is 12.8 Å². The highest BCUT2D eigenvalue weighted by Gasteiger charge is 2.18. The van der Waals surface area contributed by atoms with Gasteiger partial charge in [-0.05, 0) is 43.2 Å². The molecule has 0 unspecified atom stereocenters. The Kier molecular flexibility index (Phi) is 8.06. The maximum atomic E-state index is 13.7. The molecule has 5 nitrogen and oxygen atoms in total. The molecule has 27 heavy (non-hydrogen) atoms. The van der Waals surface area contributed by atoms with Crippen molar-refractivity contribution in [3.63, 3.8) is 0 Å². The van der Waals surface area contributed by atoms with E-state index in [1.807, 2.05) is 31.2 Å². The Morgan fingerprint density at radius 1 is 1.11 bits per heavy atom. The number of nitrogens with zero attached hydrogens (tertiary/aromatic N) is 1. The van der Waals surface area contributed by atoms with Crippen LogP contribution in [0.1, 0.15) is 12.5 Å². The first-order chi connectivity index (χ1) is 12.9. The number of nitrogens with one attached hydrogen (secondary N) is 2. The first kappa shape index (κ1) is 21.2. The third kappa shape index (κ3) is 6.84. The van der Waals surface area contributed by atoms with E-state index in [1.54, 1.807) is 0 Å². The summed E-state index contributed by atoms with van der Waals surface area (Å²) in [5, 5.41) is 6.91. The maximum absolute atomic E-state index is 13.7. The molecule has 0 radical (unpaired) electrons. The summed E-state index contributed by atoms with van der Waals surface area (Å²) in [4.78, 5) is 3.98. The molecule has 2 aromatic carbocycles. The number of halogens is 2. The molecular formula is C19H23ClFN3O2S. The summed E-state index contributed by atoms with van der Waals surface area (Å²) in [7, 11) is -3.72. The van der Waals surface area contributed by atoms with Crippen molar-refractivity contribution < 1.29 is 12.8 Å². The number of hydrogen-bond donors (Lipinski definition) is 2. The van der Waals surface area contributed by atoms with Crippen molar-refractivity contribution in [2.45, 2.75) is 18.2 Å². The average Bonchev–Trinajstić information content (AvgIpc) is 2.63. The van der Waals surface area contributed by atoms with Crippen LogP contribution in [0.3, 0.4) is 0 Å². The van der Waals surface area contributed by atoms with Gasteiger partial charge in [0.2, 0.25) is 0 Å². The fourth-order valence-corrected chi connectivity index (χ4v) is 3.73. The summed E-state index contributed by atoms with van der Waals surface area (Å²) in [6.07, 6.45) is 0.773. The molecule has 0 aromatic heterocycles. The van der Waals surface area contributed by atoms with Crippen molar-refractivity contribution in [3.8, 4) is 0 Å². The minimum Gasteiger partial charge on any atom is -0.357 e. The minimum atomic E-state index is -3.72. The van der Waals surface area contributed by atoms with Crippen molar-refractivity contribution in [2.75, 3.05) is 25.4 Å². The van der Waals surface area contributed by atoms with E-state index in [2.05, 4.69) is 15.6 Å². The summed E-state index contributed by atoms with van der Waals surface area (Å²) in [6, 6.07) is 12.9. The Balaban J connectivity index is 1.90. The molecule has 0 amide bonds. The molecule has 2 aromatic rings. The van der Waals surface area contributed by atoms with Gasteiger partial charge < -0.3 is 10.6 Å². The molecule has 0 heterocycles. The van der Waals surface area contributed by atoms with E-state index in [0.29, 0.717) is 24.1 Å². The normalized spacial score (nSPS) is 12.0. The van der Waals surface area contributed by atoms with Crippen LogP contribution in [0.15, 0.2) is 58.4 Å². The van der Waals surface area contributed by atoms with Crippen LogP contribution in [0.2, 0.25) is 5.02 Å². The van der Waals surface area contributed by atoms with E-state index in [0.717, 1.165) is 18.1 Å². The minimum absolute atomic E-state index is 0.0347. The summed E-state index contributed by atoms with van der Waals surface area (Å²) < 4.78 is 38.2. The smallest absolute Gasteiger partial charge is 0.191 e. The van der Waals surface area contributed by atoms with Crippen LogP contribution in [0.25, 0.3) is 0 Å². The van der Waals surface area contributed by atoms with Gasteiger partial charge in [0.1, 0.15) is 10.7 Å². The number of benzene rings is 2. The number of aliphatic imine (C=N–C) groups is 1. The van der Waals surface area contributed by atoms with E-state index >= 15 is 0 Å². The number of guanidine groups is 1. The van der Waals surface area contributed by atoms with Gasteiger partial charge in [-0.2, -0.15) is 0 Å². The third-order valence-electron chi connectivity index (χ3n) is 3.77. The predicted octanol–water partition coefficient (Wildman–Crippen LogP) is 3.05. The Bertz CT molecular complexity index is 871. The SMILES string of the molecule is CCNC(=NCCS(=O)(=O)c1ccccc1F)NCCc1ccc(Cl)cc1. The number of hydrogen-bond acceptors (Lipinski definition) is 3. The molecular weight excluding hydrogens is 389 g/mol. The molecule has 2 N–H and O–H groups in total. The van der Waals surface area contributed by atoms with Crippen molar-refractivity contribution in [1.29, 1.82) is 0 Å².